The number of nitrogen functional groups attached to an aromatic ring is 1. The second kappa shape index (κ2) is 10.5. The van der Waals surface area contributed by atoms with Gasteiger partial charge in [0.25, 0.3) is 10.0 Å². The van der Waals surface area contributed by atoms with Crippen molar-refractivity contribution in [2.45, 2.75) is 32.4 Å². The third-order valence-electron chi connectivity index (χ3n) is 6.73. The molecule has 3 aromatic rings. The van der Waals surface area contributed by atoms with Gasteiger partial charge in [0.15, 0.2) is 4.91 Å². The number of ether oxygens (including phenoxy) is 2. The maximum Gasteiger partial charge on any atom is 0.351 e. The first-order valence-electron chi connectivity index (χ1n) is 12.6. The minimum absolute atomic E-state index is 0.000809. The number of piperidine rings is 1. The Morgan fingerprint density at radius 2 is 1.84 bits per heavy atom. The molecule has 0 aromatic heterocycles. The smallest absolute Gasteiger partial charge is 0.351 e. The lowest BCUT2D eigenvalue weighted by molar-refractivity contribution is -0.137. The largest absolute Gasteiger partial charge is 0.490 e. The third-order valence-corrected chi connectivity index (χ3v) is 8.48. The van der Waals surface area contributed by atoms with Crippen LogP contribution in [0.2, 0.25) is 0 Å². The molecule has 0 spiro atoms. The van der Waals surface area contributed by atoms with Gasteiger partial charge in [-0.25, -0.2) is 13.2 Å². The fourth-order valence-corrected chi connectivity index (χ4v) is 6.31. The van der Waals surface area contributed by atoms with Crippen molar-refractivity contribution in [3.05, 3.63) is 76.2 Å². The molecule has 0 aliphatic carbocycles. The molecule has 4 N–H and O–H groups in total. The van der Waals surface area contributed by atoms with Crippen LogP contribution in [0.3, 0.4) is 0 Å². The van der Waals surface area contributed by atoms with Crippen LogP contribution in [0.5, 0.6) is 5.75 Å². The quantitative estimate of drug-likeness (QED) is 0.240. The highest BCUT2D eigenvalue weighted by Gasteiger charge is 2.38. The molecule has 0 radical (unpaired) electrons. The van der Waals surface area contributed by atoms with Crippen molar-refractivity contribution in [1.29, 1.82) is 5.41 Å². The Morgan fingerprint density at radius 3 is 2.58 bits per heavy atom. The predicted octanol–water partition coefficient (Wildman–Crippen LogP) is 3.51. The molecule has 0 bridgehead atoms. The normalized spacial score (nSPS) is 17.0. The van der Waals surface area contributed by atoms with Gasteiger partial charge in [-0.15, -0.1) is 0 Å². The molecule has 3 aromatic carbocycles. The van der Waals surface area contributed by atoms with Gasteiger partial charge < -0.3 is 20.5 Å². The Kier molecular flexibility index (Phi) is 7.09. The Labute approximate surface area is 221 Å². The number of nitrogens with zero attached hydrogens (tertiary/aromatic N) is 1. The second-order valence-corrected chi connectivity index (χ2v) is 11.2. The van der Waals surface area contributed by atoms with Gasteiger partial charge in [0.05, 0.1) is 18.8 Å². The number of nitrogens with one attached hydrogen (secondary N) is 2. The van der Waals surface area contributed by atoms with Crippen molar-refractivity contribution in [3.8, 4) is 5.75 Å². The van der Waals surface area contributed by atoms with Gasteiger partial charge in [0.1, 0.15) is 17.7 Å². The van der Waals surface area contributed by atoms with Crippen LogP contribution in [0.1, 0.15) is 36.5 Å². The van der Waals surface area contributed by atoms with Gasteiger partial charge in [0, 0.05) is 11.1 Å². The van der Waals surface area contributed by atoms with Gasteiger partial charge in [-0.1, -0.05) is 24.3 Å². The molecule has 0 atom stereocenters. The van der Waals surface area contributed by atoms with E-state index in [2.05, 4.69) is 5.32 Å². The van der Waals surface area contributed by atoms with Gasteiger partial charge in [-0.3, -0.25) is 9.71 Å². The molecule has 38 heavy (non-hydrogen) atoms. The summed E-state index contributed by atoms with van der Waals surface area (Å²) in [4.78, 5) is 12.3. The van der Waals surface area contributed by atoms with E-state index in [1.807, 2.05) is 24.3 Å². The zero-order valence-corrected chi connectivity index (χ0v) is 21.9. The number of amidine groups is 1. The molecule has 198 valence electrons. The Balaban J connectivity index is 1.54. The van der Waals surface area contributed by atoms with Crippen LogP contribution in [0.25, 0.3) is 16.8 Å². The summed E-state index contributed by atoms with van der Waals surface area (Å²) < 4.78 is 39.9. The van der Waals surface area contributed by atoms with E-state index in [0.717, 1.165) is 36.7 Å². The van der Waals surface area contributed by atoms with E-state index >= 15 is 0 Å². The number of hydrogen-bond donors (Lipinski definition) is 3. The van der Waals surface area contributed by atoms with E-state index < -0.39 is 20.9 Å². The van der Waals surface area contributed by atoms with Crippen molar-refractivity contribution in [2.24, 2.45) is 5.73 Å². The zero-order valence-electron chi connectivity index (χ0n) is 21.1. The van der Waals surface area contributed by atoms with Gasteiger partial charge in [0.2, 0.25) is 0 Å². The number of carbonyl (C=O) groups excluding carboxylic acids is 1. The molecule has 2 aliphatic rings. The minimum Gasteiger partial charge on any atom is -0.490 e. The lowest BCUT2D eigenvalue weighted by Crippen LogP contribution is -2.37. The zero-order chi connectivity index (χ0) is 26.9. The summed E-state index contributed by atoms with van der Waals surface area (Å²) in [7, 11) is -4.20. The predicted molar refractivity (Wildman–Crippen MR) is 148 cm³/mol. The average molecular weight is 535 g/mol. The highest BCUT2D eigenvalue weighted by Crippen LogP contribution is 2.38. The number of benzene rings is 3. The molecular formula is C28H30N4O5S. The first kappa shape index (κ1) is 25.7. The SMILES string of the molecule is CCOC(=O)C1=Cc2cc(OC3CCNCC3)ccc2N(Cc2ccc3ccc(C(=N)N)cc3c2)S1(=O)=O. The Morgan fingerprint density at radius 1 is 1.08 bits per heavy atom. The molecule has 9 nitrogen and oxygen atoms in total. The summed E-state index contributed by atoms with van der Waals surface area (Å²) in [5.74, 6) is -0.314. The molecule has 10 heteroatoms. The fourth-order valence-electron chi connectivity index (χ4n) is 4.78. The number of fused-ring (bicyclic) bond motifs is 2. The molecular weight excluding hydrogens is 504 g/mol. The average Bonchev–Trinajstić information content (AvgIpc) is 2.90. The van der Waals surface area contributed by atoms with E-state index in [1.54, 1.807) is 37.3 Å². The van der Waals surface area contributed by atoms with Crippen molar-refractivity contribution >= 4 is 44.4 Å². The molecule has 2 heterocycles. The number of carbonyl (C=O) groups is 1. The van der Waals surface area contributed by atoms with Crippen molar-refractivity contribution in [3.63, 3.8) is 0 Å². The lowest BCUT2D eigenvalue weighted by Gasteiger charge is -2.31. The first-order chi connectivity index (χ1) is 18.3. The Hall–Kier alpha value is -3.89. The third kappa shape index (κ3) is 5.09. The molecule has 2 aliphatic heterocycles. The molecule has 5 rings (SSSR count). The Bertz CT molecular complexity index is 1540. The van der Waals surface area contributed by atoms with E-state index in [-0.39, 0.29) is 25.1 Å². The maximum absolute atomic E-state index is 13.7. The second-order valence-electron chi connectivity index (χ2n) is 9.34. The maximum atomic E-state index is 13.7. The number of rotatable bonds is 7. The van der Waals surface area contributed by atoms with Gasteiger partial charge in [-0.2, -0.15) is 0 Å². The lowest BCUT2D eigenvalue weighted by atomic mass is 10.0. The number of sulfonamides is 1. The number of nitrogens with two attached hydrogens (primary N) is 1. The van der Waals surface area contributed by atoms with Crippen molar-refractivity contribution < 1.29 is 22.7 Å². The van der Waals surface area contributed by atoms with E-state index in [9.17, 15) is 13.2 Å². The van der Waals surface area contributed by atoms with Gasteiger partial charge >= 0.3 is 5.97 Å². The van der Waals surface area contributed by atoms with Crippen LogP contribution >= 0.6 is 0 Å². The molecule has 0 saturated carbocycles. The standard InChI is InChI=1S/C28H30N4O5S/c1-2-36-28(33)26-16-22-15-24(37-23-9-11-31-12-10-23)7-8-25(22)32(38(26,34)35)17-18-3-4-19-5-6-20(27(29)30)14-21(19)13-18/h3-8,13-16,23,31H,2,9-12,17H2,1H3,(H3,29,30). The van der Waals surface area contributed by atoms with E-state index in [1.165, 1.54) is 10.4 Å². The van der Waals surface area contributed by atoms with E-state index in [0.29, 0.717) is 28.1 Å². The molecule has 0 unspecified atom stereocenters. The number of anilines is 1. The van der Waals surface area contributed by atoms with Crippen molar-refractivity contribution in [2.75, 3.05) is 24.0 Å². The summed E-state index contributed by atoms with van der Waals surface area (Å²) >= 11 is 0. The summed E-state index contributed by atoms with van der Waals surface area (Å²) in [5, 5.41) is 12.8. The van der Waals surface area contributed by atoms with Crippen LogP contribution < -0.4 is 20.1 Å². The highest BCUT2D eigenvalue weighted by atomic mass is 32.2. The summed E-state index contributed by atoms with van der Waals surface area (Å²) in [5.41, 5.74) is 7.97. The number of esters is 1. The monoisotopic (exact) mass is 534 g/mol. The van der Waals surface area contributed by atoms with Crippen LogP contribution in [0.15, 0.2) is 59.5 Å². The summed E-state index contributed by atoms with van der Waals surface area (Å²) in [6.07, 6.45) is 3.21. The number of hydrogen-bond acceptors (Lipinski definition) is 7. The molecule has 1 fully saturated rings. The molecule has 0 amide bonds. The summed E-state index contributed by atoms with van der Waals surface area (Å²) in [6.45, 7) is 3.46. The van der Waals surface area contributed by atoms with Gasteiger partial charge in [-0.05, 0) is 85.6 Å². The van der Waals surface area contributed by atoms with Crippen molar-refractivity contribution in [1.82, 2.24) is 5.32 Å². The highest BCUT2D eigenvalue weighted by molar-refractivity contribution is 7.97. The first-order valence-corrected chi connectivity index (χ1v) is 14.0. The van der Waals surface area contributed by atoms with Crippen LogP contribution in [0, 0.1) is 5.41 Å². The minimum atomic E-state index is -4.20. The van der Waals surface area contributed by atoms with Crippen LogP contribution in [0.4, 0.5) is 5.69 Å². The fraction of sp³-hybridized carbons (Fsp3) is 0.286. The van der Waals surface area contributed by atoms with Crippen LogP contribution in [-0.4, -0.2) is 46.0 Å². The van der Waals surface area contributed by atoms with Crippen LogP contribution in [-0.2, 0) is 26.1 Å². The topological polar surface area (TPSA) is 135 Å². The van der Waals surface area contributed by atoms with E-state index in [4.69, 9.17) is 20.6 Å². The summed E-state index contributed by atoms with van der Waals surface area (Å²) in [6, 6.07) is 16.3. The molecule has 1 saturated heterocycles.